The summed E-state index contributed by atoms with van der Waals surface area (Å²) in [7, 11) is 0. The Bertz CT molecular complexity index is 1820. The van der Waals surface area contributed by atoms with E-state index in [1.807, 2.05) is 24.3 Å². The highest BCUT2D eigenvalue weighted by molar-refractivity contribution is 5.96. The summed E-state index contributed by atoms with van der Waals surface area (Å²) in [5, 5.41) is 8.45. The summed E-state index contributed by atoms with van der Waals surface area (Å²) in [6, 6.07) is 7.04. The van der Waals surface area contributed by atoms with Gasteiger partial charge >= 0.3 is 6.18 Å². The van der Waals surface area contributed by atoms with Crippen LogP contribution in [0.5, 0.6) is 0 Å². The van der Waals surface area contributed by atoms with Crippen molar-refractivity contribution in [1.82, 2.24) is 25.8 Å². The van der Waals surface area contributed by atoms with Gasteiger partial charge in [0.15, 0.2) is 5.96 Å². The molecular formula is C34H41F3N10O5. The fourth-order valence-electron chi connectivity index (χ4n) is 5.67. The third kappa shape index (κ3) is 10.5. The van der Waals surface area contributed by atoms with Gasteiger partial charge in [0.2, 0.25) is 29.5 Å². The Morgan fingerprint density at radius 3 is 2.35 bits per heavy atom. The summed E-state index contributed by atoms with van der Waals surface area (Å²) in [6.45, 7) is -0.397. The molecule has 3 aromatic rings. The number of benzene rings is 2. The lowest BCUT2D eigenvalue weighted by atomic mass is 10.0. The number of nitrogens with zero attached hydrogens (tertiary/aromatic N) is 2. The Morgan fingerprint density at radius 1 is 0.962 bits per heavy atom. The highest BCUT2D eigenvalue weighted by atomic mass is 19.4. The Labute approximate surface area is 296 Å². The third-order valence-electron chi connectivity index (χ3n) is 8.34. The van der Waals surface area contributed by atoms with Crippen LogP contribution < -0.4 is 38.9 Å². The fraction of sp³-hybridized carbons (Fsp3) is 0.353. The van der Waals surface area contributed by atoms with Crippen molar-refractivity contribution in [1.29, 1.82) is 0 Å². The number of H-pyrrole nitrogens is 1. The van der Waals surface area contributed by atoms with Crippen molar-refractivity contribution >= 4 is 46.4 Å². The molecule has 0 spiro atoms. The summed E-state index contributed by atoms with van der Waals surface area (Å²) < 4.78 is 38.8. The van der Waals surface area contributed by atoms with Crippen molar-refractivity contribution < 1.29 is 37.1 Å². The molecule has 0 radical (unpaired) electrons. The van der Waals surface area contributed by atoms with Crippen LogP contribution in [0.2, 0.25) is 0 Å². The first-order valence-corrected chi connectivity index (χ1v) is 16.3. The van der Waals surface area contributed by atoms with E-state index in [1.54, 1.807) is 12.3 Å². The predicted molar refractivity (Wildman–Crippen MR) is 186 cm³/mol. The molecular weight excluding hydrogens is 685 g/mol. The molecule has 5 amide bonds. The quantitative estimate of drug-likeness (QED) is 0.0420. The maximum absolute atomic E-state index is 13.4. The second-order valence-corrected chi connectivity index (χ2v) is 12.2. The van der Waals surface area contributed by atoms with Gasteiger partial charge in [0.1, 0.15) is 18.1 Å². The number of carbonyl (C=O) groups excluding carboxylic acids is 5. The second kappa shape index (κ2) is 17.3. The number of aromatic amines is 1. The molecule has 18 heteroatoms. The number of primary amides is 1. The topological polar surface area (TPSA) is 257 Å². The maximum atomic E-state index is 13.4. The molecule has 2 heterocycles. The molecule has 0 aliphatic carbocycles. The Morgan fingerprint density at radius 2 is 1.67 bits per heavy atom. The van der Waals surface area contributed by atoms with Crippen LogP contribution in [0.3, 0.4) is 0 Å². The highest BCUT2D eigenvalue weighted by Gasteiger charge is 2.35. The van der Waals surface area contributed by atoms with E-state index >= 15 is 0 Å². The number of alkyl halides is 3. The SMILES string of the molecule is NC(=O)[C@H](Cc1c[nH]c2ccccc12)NC(=O)CNC(=O)[C@H](CCCN=C(N)N)NC(=O)[C@@H]1C=CCN1C(=O)[C@@H](N)Cc1ccc(C(F)(F)F)cc1. The molecule has 52 heavy (non-hydrogen) atoms. The van der Waals surface area contributed by atoms with Gasteiger partial charge in [-0.05, 0) is 48.6 Å². The molecule has 0 fully saturated rings. The number of guanidine groups is 1. The van der Waals surface area contributed by atoms with E-state index in [9.17, 15) is 37.1 Å². The van der Waals surface area contributed by atoms with Gasteiger partial charge in [-0.3, -0.25) is 29.0 Å². The van der Waals surface area contributed by atoms with Crippen LogP contribution in [0.25, 0.3) is 10.9 Å². The van der Waals surface area contributed by atoms with Crippen LogP contribution in [-0.2, 0) is 43.0 Å². The number of carbonyl (C=O) groups is 5. The van der Waals surface area contributed by atoms with Crippen molar-refractivity contribution in [3.8, 4) is 0 Å². The number of amides is 5. The van der Waals surface area contributed by atoms with E-state index in [-0.39, 0.29) is 44.7 Å². The lowest BCUT2D eigenvalue weighted by molar-refractivity contribution is -0.139. The van der Waals surface area contributed by atoms with Gasteiger partial charge in [-0.15, -0.1) is 0 Å². The molecule has 2 aromatic carbocycles. The van der Waals surface area contributed by atoms with Crippen LogP contribution in [0.15, 0.2) is 71.9 Å². The number of fused-ring (bicyclic) bond motifs is 1. The van der Waals surface area contributed by atoms with Crippen LogP contribution in [0, 0.1) is 0 Å². The zero-order valence-electron chi connectivity index (χ0n) is 28.0. The van der Waals surface area contributed by atoms with Gasteiger partial charge in [0.05, 0.1) is 18.2 Å². The normalized spacial score (nSPS) is 15.8. The Kier molecular flexibility index (Phi) is 13.0. The van der Waals surface area contributed by atoms with E-state index in [1.165, 1.54) is 23.1 Å². The first-order valence-electron chi connectivity index (χ1n) is 16.3. The van der Waals surface area contributed by atoms with Crippen molar-refractivity contribution in [2.45, 2.75) is 56.0 Å². The summed E-state index contributed by atoms with van der Waals surface area (Å²) in [6.07, 6.45) is 0.520. The van der Waals surface area contributed by atoms with E-state index in [0.717, 1.165) is 28.6 Å². The summed E-state index contributed by atoms with van der Waals surface area (Å²) in [5.41, 5.74) is 23.6. The minimum absolute atomic E-state index is 0.0265. The molecule has 0 bridgehead atoms. The minimum atomic E-state index is -4.52. The number of rotatable bonds is 16. The molecule has 1 aliphatic rings. The zero-order chi connectivity index (χ0) is 38.0. The average Bonchev–Trinajstić information content (AvgIpc) is 3.75. The van der Waals surface area contributed by atoms with Crippen LogP contribution in [0.1, 0.15) is 29.5 Å². The molecule has 0 saturated heterocycles. The first kappa shape index (κ1) is 38.9. The highest BCUT2D eigenvalue weighted by Crippen LogP contribution is 2.29. The second-order valence-electron chi connectivity index (χ2n) is 12.2. The molecule has 278 valence electrons. The summed E-state index contributed by atoms with van der Waals surface area (Å²) in [4.78, 5) is 73.2. The summed E-state index contributed by atoms with van der Waals surface area (Å²) in [5.74, 6) is -3.75. The standard InChI is InChI=1S/C34H41F3N10O5/c35-34(36,37)21-11-9-19(10-12-21)15-23(38)32(52)47-14-4-8-27(47)31(51)46-25(7-3-13-42-33(40)41)30(50)44-18-28(48)45-26(29(39)49)16-20-17-43-24-6-2-1-5-22(20)24/h1-2,4-6,8-12,17,23,25-27,43H,3,7,13-16,18,38H2,(H2,39,49)(H,44,50)(H,45,48)(H,46,51)(H4,40,41,42)/t23-,25-,26-,27-/m0/s1. The first-order chi connectivity index (χ1) is 24.6. The molecule has 12 N–H and O–H groups in total. The maximum Gasteiger partial charge on any atom is 0.416 e. The smallest absolute Gasteiger partial charge is 0.370 e. The van der Waals surface area contributed by atoms with E-state index in [2.05, 4.69) is 25.9 Å². The number of para-hydroxylation sites is 1. The van der Waals surface area contributed by atoms with Gasteiger partial charge in [0.25, 0.3) is 0 Å². The van der Waals surface area contributed by atoms with Gasteiger partial charge in [-0.1, -0.05) is 42.5 Å². The van der Waals surface area contributed by atoms with Crippen LogP contribution in [0.4, 0.5) is 13.2 Å². The number of nitrogens with one attached hydrogen (secondary N) is 4. The lowest BCUT2D eigenvalue weighted by Crippen LogP contribution is -2.56. The van der Waals surface area contributed by atoms with E-state index < -0.39 is 72.0 Å². The number of hydrogen-bond acceptors (Lipinski definition) is 7. The molecule has 4 atom stereocenters. The molecule has 1 aromatic heterocycles. The largest absolute Gasteiger partial charge is 0.416 e. The van der Waals surface area contributed by atoms with Crippen molar-refractivity contribution in [3.63, 3.8) is 0 Å². The minimum Gasteiger partial charge on any atom is -0.370 e. The number of hydrogen-bond donors (Lipinski definition) is 8. The molecule has 15 nitrogen and oxygen atoms in total. The zero-order valence-corrected chi connectivity index (χ0v) is 28.0. The molecule has 0 saturated carbocycles. The van der Waals surface area contributed by atoms with E-state index in [4.69, 9.17) is 22.9 Å². The van der Waals surface area contributed by atoms with E-state index in [0.29, 0.717) is 5.56 Å². The van der Waals surface area contributed by atoms with Crippen LogP contribution >= 0.6 is 0 Å². The van der Waals surface area contributed by atoms with Crippen LogP contribution in [-0.4, -0.2) is 89.2 Å². The monoisotopic (exact) mass is 726 g/mol. The van der Waals surface area contributed by atoms with Crippen molar-refractivity contribution in [3.05, 3.63) is 83.6 Å². The van der Waals surface area contributed by atoms with Gasteiger partial charge in [-0.2, -0.15) is 13.2 Å². The number of nitrogens with two attached hydrogens (primary N) is 4. The molecule has 0 unspecified atom stereocenters. The van der Waals surface area contributed by atoms with Gasteiger partial charge in [-0.25, -0.2) is 0 Å². The van der Waals surface area contributed by atoms with Crippen molar-refractivity contribution in [2.24, 2.45) is 27.9 Å². The number of halogens is 3. The Balaban J connectivity index is 1.36. The fourth-order valence-corrected chi connectivity index (χ4v) is 5.67. The average molecular weight is 727 g/mol. The Hall–Kier alpha value is -5.91. The number of aromatic nitrogens is 1. The predicted octanol–water partition coefficient (Wildman–Crippen LogP) is -0.309. The third-order valence-corrected chi connectivity index (χ3v) is 8.34. The molecule has 4 rings (SSSR count). The lowest BCUT2D eigenvalue weighted by Gasteiger charge is -2.28. The number of aliphatic imine (C=N–C) groups is 1. The summed E-state index contributed by atoms with van der Waals surface area (Å²) >= 11 is 0. The van der Waals surface area contributed by atoms with Gasteiger partial charge in [0, 0.05) is 36.6 Å². The van der Waals surface area contributed by atoms with Crippen molar-refractivity contribution in [2.75, 3.05) is 19.6 Å². The molecule has 1 aliphatic heterocycles. The van der Waals surface area contributed by atoms with Gasteiger partial charge < -0.3 is 48.8 Å².